The highest BCUT2D eigenvalue weighted by atomic mass is 35.5. The molecule has 0 saturated heterocycles. The van der Waals surface area contributed by atoms with Crippen molar-refractivity contribution in [3.05, 3.63) is 74.4 Å². The van der Waals surface area contributed by atoms with Crippen LogP contribution >= 0.6 is 34.5 Å². The van der Waals surface area contributed by atoms with Crippen LogP contribution in [0.15, 0.2) is 48.8 Å². The molecule has 2 aromatic heterocycles. The molecule has 0 saturated carbocycles. The fourth-order valence-corrected chi connectivity index (χ4v) is 3.32. The van der Waals surface area contributed by atoms with Crippen LogP contribution in [0.25, 0.3) is 0 Å². The van der Waals surface area contributed by atoms with Crippen molar-refractivity contribution in [2.24, 2.45) is 7.05 Å². The molecule has 0 aliphatic heterocycles. The van der Waals surface area contributed by atoms with Crippen LogP contribution in [0.2, 0.25) is 9.36 Å². The summed E-state index contributed by atoms with van der Waals surface area (Å²) in [4.78, 5) is 17.4. The largest absolute Gasteiger partial charge is 0.337 e. The second-order valence-corrected chi connectivity index (χ2v) is 7.11. The van der Waals surface area contributed by atoms with Crippen LogP contribution in [-0.4, -0.2) is 15.5 Å². The Morgan fingerprint density at radius 3 is 2.52 bits per heavy atom. The third kappa shape index (κ3) is 3.58. The molecule has 2 heterocycles. The number of nitrogens with one attached hydrogen (secondary N) is 1. The lowest BCUT2D eigenvalue weighted by Crippen LogP contribution is -2.30. The lowest BCUT2D eigenvalue weighted by molar-refractivity contribution is 0.0945. The molecule has 0 aliphatic carbocycles. The second kappa shape index (κ2) is 6.74. The first kappa shape index (κ1) is 16.1. The Labute approximate surface area is 147 Å². The number of nitrogens with zero attached hydrogens (tertiary/aromatic N) is 2. The predicted molar refractivity (Wildman–Crippen MR) is 93.3 cm³/mol. The van der Waals surface area contributed by atoms with Crippen molar-refractivity contribution >= 4 is 40.4 Å². The number of aromatic nitrogens is 2. The van der Waals surface area contributed by atoms with Crippen LogP contribution < -0.4 is 5.32 Å². The first-order valence-corrected chi connectivity index (χ1v) is 8.40. The van der Waals surface area contributed by atoms with Gasteiger partial charge in [0.2, 0.25) is 0 Å². The van der Waals surface area contributed by atoms with E-state index in [1.807, 2.05) is 29.9 Å². The van der Waals surface area contributed by atoms with Gasteiger partial charge in [-0.3, -0.25) is 4.79 Å². The first-order chi connectivity index (χ1) is 11.0. The lowest BCUT2D eigenvalue weighted by Gasteiger charge is -2.19. The van der Waals surface area contributed by atoms with Crippen LogP contribution in [0, 0.1) is 0 Å². The molecule has 0 fully saturated rings. The summed E-state index contributed by atoms with van der Waals surface area (Å²) in [6.07, 6.45) is 3.54. The highest BCUT2D eigenvalue weighted by molar-refractivity contribution is 7.18. The summed E-state index contributed by atoms with van der Waals surface area (Å²) < 4.78 is 2.45. The van der Waals surface area contributed by atoms with Gasteiger partial charge in [-0.05, 0) is 29.8 Å². The summed E-state index contributed by atoms with van der Waals surface area (Å²) >= 11 is 13.1. The Hall–Kier alpha value is -1.82. The molecule has 4 nitrogen and oxygen atoms in total. The number of hydrogen-bond acceptors (Lipinski definition) is 3. The van der Waals surface area contributed by atoms with Crippen LogP contribution in [0.5, 0.6) is 0 Å². The second-order valence-electron chi connectivity index (χ2n) is 4.96. The van der Waals surface area contributed by atoms with E-state index in [0.29, 0.717) is 14.2 Å². The fourth-order valence-electron chi connectivity index (χ4n) is 2.25. The van der Waals surface area contributed by atoms with E-state index in [2.05, 4.69) is 10.3 Å². The highest BCUT2D eigenvalue weighted by Crippen LogP contribution is 2.25. The Kier molecular flexibility index (Phi) is 4.71. The molecule has 1 atom stereocenters. The molecule has 0 aliphatic rings. The van der Waals surface area contributed by atoms with E-state index >= 15 is 0 Å². The van der Waals surface area contributed by atoms with E-state index in [1.54, 1.807) is 30.5 Å². The van der Waals surface area contributed by atoms with Gasteiger partial charge in [-0.25, -0.2) is 4.98 Å². The highest BCUT2D eigenvalue weighted by Gasteiger charge is 2.22. The van der Waals surface area contributed by atoms with Gasteiger partial charge in [0.1, 0.15) is 11.9 Å². The fraction of sp³-hybridized carbons (Fsp3) is 0.125. The van der Waals surface area contributed by atoms with E-state index in [4.69, 9.17) is 23.2 Å². The quantitative estimate of drug-likeness (QED) is 0.748. The summed E-state index contributed by atoms with van der Waals surface area (Å²) in [5.74, 6) is 0.549. The van der Waals surface area contributed by atoms with Crippen LogP contribution in [-0.2, 0) is 7.05 Å². The number of halogens is 2. The van der Waals surface area contributed by atoms with E-state index in [0.717, 1.165) is 11.4 Å². The SMILES string of the molecule is Cn1ccnc1[C@@H](NC(=O)c1ccc(Cl)s1)c1ccc(Cl)cc1. The minimum atomic E-state index is -0.374. The van der Waals surface area contributed by atoms with Crippen molar-refractivity contribution < 1.29 is 4.79 Å². The zero-order chi connectivity index (χ0) is 16.4. The number of thiophene rings is 1. The van der Waals surface area contributed by atoms with Gasteiger partial charge in [0.15, 0.2) is 0 Å². The molecule has 0 unspecified atom stereocenters. The van der Waals surface area contributed by atoms with Crippen molar-refractivity contribution in [2.75, 3.05) is 0 Å². The van der Waals surface area contributed by atoms with Crippen LogP contribution in [0.1, 0.15) is 27.1 Å². The minimum Gasteiger partial charge on any atom is -0.337 e. The van der Waals surface area contributed by atoms with Crippen molar-refractivity contribution in [1.82, 2.24) is 14.9 Å². The average molecular weight is 366 g/mol. The Bertz CT molecular complexity index is 826. The van der Waals surface area contributed by atoms with Gasteiger partial charge in [-0.2, -0.15) is 0 Å². The van der Waals surface area contributed by atoms with Crippen molar-refractivity contribution in [1.29, 1.82) is 0 Å². The van der Waals surface area contributed by atoms with E-state index in [9.17, 15) is 4.79 Å². The number of rotatable bonds is 4. The Morgan fingerprint density at radius 1 is 1.22 bits per heavy atom. The van der Waals surface area contributed by atoms with E-state index < -0.39 is 0 Å². The zero-order valence-electron chi connectivity index (χ0n) is 12.2. The molecular weight excluding hydrogens is 353 g/mol. The van der Waals surface area contributed by atoms with Gasteiger partial charge in [0.25, 0.3) is 5.91 Å². The number of carbonyl (C=O) groups is 1. The average Bonchev–Trinajstić information content (AvgIpc) is 3.14. The molecule has 23 heavy (non-hydrogen) atoms. The van der Waals surface area contributed by atoms with Crippen LogP contribution in [0.4, 0.5) is 0 Å². The molecule has 3 rings (SSSR count). The summed E-state index contributed by atoms with van der Waals surface area (Å²) in [6.45, 7) is 0. The molecule has 118 valence electrons. The minimum absolute atomic E-state index is 0.190. The molecular formula is C16H13Cl2N3OS. The molecule has 3 aromatic rings. The maximum atomic E-state index is 12.5. The normalized spacial score (nSPS) is 12.1. The van der Waals surface area contributed by atoms with Gasteiger partial charge in [0.05, 0.1) is 9.21 Å². The number of imidazole rings is 1. The first-order valence-electron chi connectivity index (χ1n) is 6.83. The van der Waals surface area contributed by atoms with Gasteiger partial charge in [-0.1, -0.05) is 35.3 Å². The summed E-state index contributed by atoms with van der Waals surface area (Å²) in [5.41, 5.74) is 0.903. The van der Waals surface area contributed by atoms with E-state index in [1.165, 1.54) is 11.3 Å². The van der Waals surface area contributed by atoms with Crippen molar-refractivity contribution in [3.8, 4) is 0 Å². The van der Waals surface area contributed by atoms with Crippen LogP contribution in [0.3, 0.4) is 0 Å². The van der Waals surface area contributed by atoms with Gasteiger partial charge >= 0.3 is 0 Å². The predicted octanol–water partition coefficient (Wildman–Crippen LogP) is 4.31. The zero-order valence-corrected chi connectivity index (χ0v) is 14.5. The molecule has 7 heteroatoms. The lowest BCUT2D eigenvalue weighted by atomic mass is 10.1. The van der Waals surface area contributed by atoms with Gasteiger partial charge < -0.3 is 9.88 Å². The monoisotopic (exact) mass is 365 g/mol. The Morgan fingerprint density at radius 2 is 1.96 bits per heavy atom. The molecule has 0 spiro atoms. The summed E-state index contributed by atoms with van der Waals surface area (Å²) in [7, 11) is 1.89. The molecule has 1 aromatic carbocycles. The number of aryl methyl sites for hydroxylation is 1. The number of benzene rings is 1. The third-order valence-corrected chi connectivity index (χ3v) is 4.87. The number of hydrogen-bond donors (Lipinski definition) is 1. The van der Waals surface area contributed by atoms with E-state index in [-0.39, 0.29) is 11.9 Å². The smallest absolute Gasteiger partial charge is 0.262 e. The molecule has 0 radical (unpaired) electrons. The standard InChI is InChI=1S/C16H13Cl2N3OS/c1-21-9-8-19-15(21)14(10-2-4-11(17)5-3-10)20-16(22)12-6-7-13(18)23-12/h2-9,14H,1H3,(H,20,22)/t14-/m0/s1. The van der Waals surface area contributed by atoms with Crippen molar-refractivity contribution in [3.63, 3.8) is 0 Å². The van der Waals surface area contributed by atoms with Crippen molar-refractivity contribution in [2.45, 2.75) is 6.04 Å². The topological polar surface area (TPSA) is 46.9 Å². The number of amides is 1. The number of carbonyl (C=O) groups excluding carboxylic acids is 1. The molecule has 0 bridgehead atoms. The summed E-state index contributed by atoms with van der Waals surface area (Å²) in [6, 6.07) is 10.4. The molecule has 1 N–H and O–H groups in total. The molecule has 1 amide bonds. The summed E-state index contributed by atoms with van der Waals surface area (Å²) in [5, 5.41) is 3.65. The maximum absolute atomic E-state index is 12.5. The third-order valence-electron chi connectivity index (χ3n) is 3.39. The Balaban J connectivity index is 1.94. The van der Waals surface area contributed by atoms with Gasteiger partial charge in [0, 0.05) is 24.5 Å². The maximum Gasteiger partial charge on any atom is 0.262 e. The van der Waals surface area contributed by atoms with Gasteiger partial charge in [-0.15, -0.1) is 11.3 Å².